The highest BCUT2D eigenvalue weighted by atomic mass is 16.7. The fraction of sp³-hybridized carbons (Fsp3) is 0.571. The van der Waals surface area contributed by atoms with Gasteiger partial charge in [0.25, 0.3) is 0 Å². The summed E-state index contributed by atoms with van der Waals surface area (Å²) in [6, 6.07) is 2.10. The Balaban J connectivity index is 1.64. The van der Waals surface area contributed by atoms with Crippen LogP contribution in [0.2, 0.25) is 0 Å². The van der Waals surface area contributed by atoms with E-state index in [0.717, 1.165) is 49.3 Å². The molecule has 0 spiro atoms. The van der Waals surface area contributed by atoms with E-state index in [1.165, 1.54) is 11.1 Å². The zero-order valence-electron chi connectivity index (χ0n) is 15.8. The quantitative estimate of drug-likeness (QED) is 0.770. The van der Waals surface area contributed by atoms with Gasteiger partial charge in [0.15, 0.2) is 11.5 Å². The fourth-order valence-electron chi connectivity index (χ4n) is 4.40. The molecular weight excluding hydrogens is 330 g/mol. The molecule has 1 aromatic carbocycles. The molecule has 2 heterocycles. The molecule has 2 aliphatic heterocycles. The fourth-order valence-corrected chi connectivity index (χ4v) is 4.40. The summed E-state index contributed by atoms with van der Waals surface area (Å²) in [6.45, 7) is 3.30. The van der Waals surface area contributed by atoms with Gasteiger partial charge in [-0.05, 0) is 51.3 Å². The van der Waals surface area contributed by atoms with Gasteiger partial charge in [0, 0.05) is 30.5 Å². The maximum absolute atomic E-state index is 13.0. The molecule has 0 saturated heterocycles. The molecule has 0 radical (unpaired) electrons. The number of ketones is 1. The average Bonchev–Trinajstić information content (AvgIpc) is 3.11. The van der Waals surface area contributed by atoms with E-state index in [2.05, 4.69) is 31.0 Å². The minimum Gasteiger partial charge on any atom is -0.492 e. The summed E-state index contributed by atoms with van der Waals surface area (Å²) >= 11 is 0. The topological polar surface area (TPSA) is 48.0 Å². The number of carbonyl (C=O) groups excluding carboxylic acids is 1. The largest absolute Gasteiger partial charge is 0.492 e. The summed E-state index contributed by atoms with van der Waals surface area (Å²) in [6.07, 6.45) is 6.57. The normalized spacial score (nSPS) is 24.8. The van der Waals surface area contributed by atoms with Crippen LogP contribution < -0.4 is 14.2 Å². The van der Waals surface area contributed by atoms with E-state index in [1.807, 2.05) is 0 Å². The Morgan fingerprint density at radius 3 is 2.92 bits per heavy atom. The Morgan fingerprint density at radius 1 is 1.35 bits per heavy atom. The number of nitrogens with zero attached hydrogens (tertiary/aromatic N) is 1. The van der Waals surface area contributed by atoms with Crippen LogP contribution in [-0.2, 0) is 11.2 Å². The van der Waals surface area contributed by atoms with Crippen LogP contribution in [-0.4, -0.2) is 38.2 Å². The number of hydrogen-bond donors (Lipinski definition) is 0. The lowest BCUT2D eigenvalue weighted by molar-refractivity contribution is -0.124. The Morgan fingerprint density at radius 2 is 2.19 bits per heavy atom. The Labute approximate surface area is 154 Å². The molecule has 26 heavy (non-hydrogen) atoms. The number of allylic oxidation sites excluding steroid dienone is 2. The number of Topliss-reactive ketones (excluding diaryl/α,β-unsaturated/α-hetero) is 1. The molecule has 0 aromatic heterocycles. The molecule has 5 nitrogen and oxygen atoms in total. The van der Waals surface area contributed by atoms with E-state index >= 15 is 0 Å². The molecule has 1 aromatic rings. The maximum Gasteiger partial charge on any atom is 0.231 e. The zero-order chi connectivity index (χ0) is 18.3. The average molecular weight is 357 g/mol. The minimum absolute atomic E-state index is 0.0303. The number of ether oxygens (including phenoxy) is 3. The van der Waals surface area contributed by atoms with E-state index in [0.29, 0.717) is 18.0 Å². The number of fused-ring (bicyclic) bond motifs is 2. The van der Waals surface area contributed by atoms with Crippen molar-refractivity contribution in [3.8, 4) is 17.2 Å². The first-order chi connectivity index (χ1) is 12.6. The van der Waals surface area contributed by atoms with Crippen LogP contribution >= 0.6 is 0 Å². The highest BCUT2D eigenvalue weighted by Gasteiger charge is 2.36. The van der Waals surface area contributed by atoms with Crippen molar-refractivity contribution in [1.29, 1.82) is 0 Å². The molecule has 0 bridgehead atoms. The predicted octanol–water partition coefficient (Wildman–Crippen LogP) is 3.66. The van der Waals surface area contributed by atoms with Crippen LogP contribution in [0.1, 0.15) is 49.8 Å². The molecule has 1 aliphatic carbocycles. The second kappa shape index (κ2) is 6.95. The van der Waals surface area contributed by atoms with Crippen LogP contribution in [0.4, 0.5) is 0 Å². The smallest absolute Gasteiger partial charge is 0.231 e. The van der Waals surface area contributed by atoms with E-state index in [-0.39, 0.29) is 18.8 Å². The SMILES string of the molecule is COc1c2c(cc3c1C(CC(=O)C1CC=C(C)CC1)N(C)CC3)OCO2. The standard InChI is InChI=1S/C21H27NO4/c1-13-4-6-14(7-5-13)17(23)11-16-19-15(8-9-22(16)2)10-18-20(21(19)24-3)26-12-25-18/h4,10,14,16H,5-9,11-12H2,1-3H3. The van der Waals surface area contributed by atoms with Crippen LogP contribution in [0.15, 0.2) is 17.7 Å². The van der Waals surface area contributed by atoms with E-state index in [4.69, 9.17) is 14.2 Å². The number of methoxy groups -OCH3 is 1. The highest BCUT2D eigenvalue weighted by Crippen LogP contribution is 2.50. The Bertz CT molecular complexity index is 755. The maximum atomic E-state index is 13.0. The van der Waals surface area contributed by atoms with Gasteiger partial charge in [-0.2, -0.15) is 0 Å². The molecule has 2 unspecified atom stereocenters. The van der Waals surface area contributed by atoms with E-state index < -0.39 is 0 Å². The predicted molar refractivity (Wildman–Crippen MR) is 98.9 cm³/mol. The Hall–Kier alpha value is -2.01. The van der Waals surface area contributed by atoms with Gasteiger partial charge in [-0.25, -0.2) is 0 Å². The third-order valence-corrected chi connectivity index (χ3v) is 6.03. The summed E-state index contributed by atoms with van der Waals surface area (Å²) in [5, 5.41) is 0. The third-order valence-electron chi connectivity index (χ3n) is 6.03. The second-order valence-corrected chi connectivity index (χ2v) is 7.66. The molecule has 4 rings (SSSR count). The number of benzene rings is 1. The summed E-state index contributed by atoms with van der Waals surface area (Å²) < 4.78 is 16.9. The monoisotopic (exact) mass is 357 g/mol. The first-order valence-electron chi connectivity index (χ1n) is 9.46. The van der Waals surface area contributed by atoms with E-state index in [1.54, 1.807) is 7.11 Å². The third kappa shape index (κ3) is 2.98. The Kier molecular flexibility index (Phi) is 4.65. The van der Waals surface area contributed by atoms with Crippen LogP contribution in [0.3, 0.4) is 0 Å². The van der Waals surface area contributed by atoms with Gasteiger partial charge < -0.3 is 14.2 Å². The molecule has 3 aliphatic rings. The molecule has 140 valence electrons. The van der Waals surface area contributed by atoms with Crippen molar-refractivity contribution in [3.63, 3.8) is 0 Å². The molecule has 5 heteroatoms. The number of rotatable bonds is 4. The molecule has 2 atom stereocenters. The minimum atomic E-state index is 0.0303. The summed E-state index contributed by atoms with van der Waals surface area (Å²) in [5.74, 6) is 2.67. The van der Waals surface area contributed by atoms with Gasteiger partial charge in [0.2, 0.25) is 12.5 Å². The van der Waals surface area contributed by atoms with Gasteiger partial charge in [0.05, 0.1) is 7.11 Å². The number of carbonyl (C=O) groups is 1. The lowest BCUT2D eigenvalue weighted by atomic mass is 9.82. The van der Waals surface area contributed by atoms with E-state index in [9.17, 15) is 4.79 Å². The van der Waals surface area contributed by atoms with Gasteiger partial charge in [-0.15, -0.1) is 0 Å². The molecule has 0 fully saturated rings. The van der Waals surface area contributed by atoms with Gasteiger partial charge in [-0.1, -0.05) is 11.6 Å². The van der Waals surface area contributed by atoms with Crippen molar-refractivity contribution in [2.75, 3.05) is 27.5 Å². The van der Waals surface area contributed by atoms with Gasteiger partial charge in [0.1, 0.15) is 5.78 Å². The first kappa shape index (κ1) is 17.4. The molecular formula is C21H27NO4. The molecule has 0 amide bonds. The van der Waals surface area contributed by atoms with Crippen molar-refractivity contribution < 1.29 is 19.0 Å². The second-order valence-electron chi connectivity index (χ2n) is 7.66. The number of likely N-dealkylation sites (N-methyl/N-ethyl adjacent to an activating group) is 1. The lowest BCUT2D eigenvalue weighted by Crippen LogP contribution is -2.35. The van der Waals surface area contributed by atoms with Crippen molar-refractivity contribution in [3.05, 3.63) is 28.8 Å². The van der Waals surface area contributed by atoms with Crippen molar-refractivity contribution in [2.24, 2.45) is 5.92 Å². The van der Waals surface area contributed by atoms with Crippen molar-refractivity contribution >= 4 is 5.78 Å². The molecule has 0 saturated carbocycles. The van der Waals surface area contributed by atoms with Crippen LogP contribution in [0, 0.1) is 5.92 Å². The lowest BCUT2D eigenvalue weighted by Gasteiger charge is -2.36. The highest BCUT2D eigenvalue weighted by molar-refractivity contribution is 5.82. The molecule has 0 N–H and O–H groups in total. The van der Waals surface area contributed by atoms with Crippen molar-refractivity contribution in [1.82, 2.24) is 4.90 Å². The van der Waals surface area contributed by atoms with Crippen LogP contribution in [0.5, 0.6) is 17.2 Å². The van der Waals surface area contributed by atoms with Gasteiger partial charge in [-0.3, -0.25) is 9.69 Å². The first-order valence-corrected chi connectivity index (χ1v) is 9.46. The summed E-state index contributed by atoms with van der Waals surface area (Å²) in [5.41, 5.74) is 3.71. The number of hydrogen-bond acceptors (Lipinski definition) is 5. The zero-order valence-corrected chi connectivity index (χ0v) is 15.8. The van der Waals surface area contributed by atoms with Crippen LogP contribution in [0.25, 0.3) is 0 Å². The summed E-state index contributed by atoms with van der Waals surface area (Å²) in [4.78, 5) is 15.3. The van der Waals surface area contributed by atoms with Crippen molar-refractivity contribution in [2.45, 2.75) is 45.1 Å². The van der Waals surface area contributed by atoms with Gasteiger partial charge >= 0.3 is 0 Å². The summed E-state index contributed by atoms with van der Waals surface area (Å²) in [7, 11) is 3.76.